The molecule has 0 aliphatic carbocycles. The maximum Gasteiger partial charge on any atom is 0.376 e. The van der Waals surface area contributed by atoms with Crippen LogP contribution >= 0.6 is 0 Å². The van der Waals surface area contributed by atoms with Crippen molar-refractivity contribution in [3.05, 3.63) is 44.9 Å². The lowest BCUT2D eigenvalue weighted by Gasteiger charge is -2.14. The summed E-state index contributed by atoms with van der Waals surface area (Å²) in [6, 6.07) is 4.46. The van der Waals surface area contributed by atoms with E-state index in [-0.39, 0.29) is 12.4 Å². The Morgan fingerprint density at radius 1 is 1.55 bits per heavy atom. The van der Waals surface area contributed by atoms with Crippen LogP contribution in [0, 0.1) is 10.1 Å². The third-order valence-electron chi connectivity index (χ3n) is 2.95. The van der Waals surface area contributed by atoms with Crippen molar-refractivity contribution >= 4 is 17.2 Å². The number of fused-ring (bicyclic) bond motifs is 1. The van der Waals surface area contributed by atoms with Gasteiger partial charge in [-0.25, -0.2) is 4.98 Å². The predicted molar refractivity (Wildman–Crippen MR) is 72.9 cm³/mol. The van der Waals surface area contributed by atoms with Crippen LogP contribution in [0.4, 0.5) is 11.5 Å². The molecule has 0 aromatic carbocycles. The van der Waals surface area contributed by atoms with Crippen LogP contribution in [-0.4, -0.2) is 32.1 Å². The molecular formula is C12H14N4O4. The molecule has 8 nitrogen and oxygen atoms in total. The van der Waals surface area contributed by atoms with Gasteiger partial charge >= 0.3 is 11.2 Å². The molecule has 0 amide bonds. The van der Waals surface area contributed by atoms with E-state index in [0.29, 0.717) is 12.1 Å². The molecule has 0 unspecified atom stereocenters. The van der Waals surface area contributed by atoms with Crippen LogP contribution in [0.25, 0.3) is 5.65 Å². The minimum atomic E-state index is -0.763. The summed E-state index contributed by atoms with van der Waals surface area (Å²) in [5, 5.41) is 23.0. The number of hydrogen-bond donors (Lipinski definition) is 2. The Bertz CT molecular complexity index is 693. The maximum atomic E-state index is 12.1. The molecule has 2 aromatic heterocycles. The van der Waals surface area contributed by atoms with Gasteiger partial charge in [0.1, 0.15) is 5.65 Å². The highest BCUT2D eigenvalue weighted by atomic mass is 16.6. The van der Waals surface area contributed by atoms with E-state index in [1.807, 2.05) is 6.92 Å². The Labute approximate surface area is 113 Å². The molecule has 0 radical (unpaired) electrons. The van der Waals surface area contributed by atoms with Gasteiger partial charge in [-0.3, -0.25) is 19.3 Å². The standard InChI is InChI=1S/C12H14N4O4/c1-2-8(7-17)13-11-10(16(19)20)12(18)15-6-4-3-5-9(15)14-11/h3-6,8,13,17H,2,7H2,1H3/t8-/m1/s1. The summed E-state index contributed by atoms with van der Waals surface area (Å²) in [7, 11) is 0. The van der Waals surface area contributed by atoms with Crippen LogP contribution in [-0.2, 0) is 0 Å². The van der Waals surface area contributed by atoms with Crippen molar-refractivity contribution in [1.29, 1.82) is 0 Å². The zero-order valence-electron chi connectivity index (χ0n) is 10.8. The lowest BCUT2D eigenvalue weighted by molar-refractivity contribution is -0.385. The van der Waals surface area contributed by atoms with Crippen molar-refractivity contribution in [3.8, 4) is 0 Å². The summed E-state index contributed by atoms with van der Waals surface area (Å²) >= 11 is 0. The number of nitrogens with zero attached hydrogens (tertiary/aromatic N) is 3. The SMILES string of the molecule is CC[C@H](CO)Nc1nc2ccccn2c(=O)c1[N+](=O)[O-]. The van der Waals surface area contributed by atoms with Crippen molar-refractivity contribution < 1.29 is 10.0 Å². The third-order valence-corrected chi connectivity index (χ3v) is 2.95. The Hall–Kier alpha value is -2.48. The fourth-order valence-electron chi connectivity index (χ4n) is 1.82. The normalized spacial score (nSPS) is 12.3. The van der Waals surface area contributed by atoms with E-state index in [2.05, 4.69) is 10.3 Å². The third kappa shape index (κ3) is 2.45. The Morgan fingerprint density at radius 2 is 2.30 bits per heavy atom. The van der Waals surface area contributed by atoms with Gasteiger partial charge in [0.15, 0.2) is 0 Å². The maximum absolute atomic E-state index is 12.1. The number of nitro groups is 1. The number of aliphatic hydroxyl groups excluding tert-OH is 1. The number of hydrogen-bond acceptors (Lipinski definition) is 6. The highest BCUT2D eigenvalue weighted by molar-refractivity contribution is 5.60. The van der Waals surface area contributed by atoms with E-state index in [0.717, 1.165) is 4.40 Å². The summed E-state index contributed by atoms with van der Waals surface area (Å²) in [5.41, 5.74) is -1.07. The summed E-state index contributed by atoms with van der Waals surface area (Å²) < 4.78 is 1.11. The number of aliphatic hydroxyl groups is 1. The number of aromatic nitrogens is 2. The molecule has 8 heteroatoms. The van der Waals surface area contributed by atoms with Gasteiger partial charge in [-0.1, -0.05) is 13.0 Å². The van der Waals surface area contributed by atoms with Gasteiger partial charge in [-0.15, -0.1) is 0 Å². The lowest BCUT2D eigenvalue weighted by Crippen LogP contribution is -2.27. The molecule has 106 valence electrons. The van der Waals surface area contributed by atoms with Gasteiger partial charge in [0.2, 0.25) is 5.82 Å². The van der Waals surface area contributed by atoms with Gasteiger partial charge in [0.25, 0.3) is 0 Å². The van der Waals surface area contributed by atoms with Crippen molar-refractivity contribution in [2.45, 2.75) is 19.4 Å². The molecule has 2 rings (SSSR count). The Kier molecular flexibility index (Phi) is 3.94. The van der Waals surface area contributed by atoms with Gasteiger partial charge in [-0.05, 0) is 18.6 Å². The van der Waals surface area contributed by atoms with Crippen LogP contribution in [0.1, 0.15) is 13.3 Å². The van der Waals surface area contributed by atoms with Crippen molar-refractivity contribution in [2.24, 2.45) is 0 Å². The Balaban J connectivity index is 2.65. The quantitative estimate of drug-likeness (QED) is 0.618. The largest absolute Gasteiger partial charge is 0.394 e. The van der Waals surface area contributed by atoms with Crippen molar-refractivity contribution in [2.75, 3.05) is 11.9 Å². The van der Waals surface area contributed by atoms with Crippen LogP contribution < -0.4 is 10.9 Å². The van der Waals surface area contributed by atoms with E-state index in [1.165, 1.54) is 6.20 Å². The van der Waals surface area contributed by atoms with E-state index in [9.17, 15) is 14.9 Å². The molecule has 2 N–H and O–H groups in total. The first-order valence-electron chi connectivity index (χ1n) is 6.11. The van der Waals surface area contributed by atoms with Crippen LogP contribution in [0.15, 0.2) is 29.2 Å². The molecule has 2 heterocycles. The summed E-state index contributed by atoms with van der Waals surface area (Å²) in [5.74, 6) is -0.118. The lowest BCUT2D eigenvalue weighted by atomic mass is 10.2. The van der Waals surface area contributed by atoms with Crippen LogP contribution in [0.5, 0.6) is 0 Å². The number of anilines is 1. The average Bonchev–Trinajstić information content (AvgIpc) is 2.44. The highest BCUT2D eigenvalue weighted by Gasteiger charge is 2.24. The molecule has 0 aliphatic heterocycles. The first kappa shape index (κ1) is 13.9. The molecule has 0 aliphatic rings. The summed E-state index contributed by atoms with van der Waals surface area (Å²) in [6.45, 7) is 1.61. The van der Waals surface area contributed by atoms with Gasteiger partial charge in [0, 0.05) is 6.20 Å². The monoisotopic (exact) mass is 278 g/mol. The second kappa shape index (κ2) is 5.66. The van der Waals surface area contributed by atoms with Gasteiger partial charge in [-0.2, -0.15) is 0 Å². The minimum absolute atomic E-state index is 0.118. The van der Waals surface area contributed by atoms with E-state index >= 15 is 0 Å². The molecule has 20 heavy (non-hydrogen) atoms. The molecular weight excluding hydrogens is 264 g/mol. The molecule has 2 aromatic rings. The molecule has 0 bridgehead atoms. The van der Waals surface area contributed by atoms with Crippen molar-refractivity contribution in [3.63, 3.8) is 0 Å². The minimum Gasteiger partial charge on any atom is -0.394 e. The average molecular weight is 278 g/mol. The molecule has 0 saturated heterocycles. The fourth-order valence-corrected chi connectivity index (χ4v) is 1.82. The fraction of sp³-hybridized carbons (Fsp3) is 0.333. The topological polar surface area (TPSA) is 110 Å². The summed E-state index contributed by atoms with van der Waals surface area (Å²) in [6.07, 6.45) is 1.97. The smallest absolute Gasteiger partial charge is 0.376 e. The number of pyridine rings is 1. The Morgan fingerprint density at radius 3 is 2.90 bits per heavy atom. The number of nitrogens with one attached hydrogen (secondary N) is 1. The zero-order chi connectivity index (χ0) is 14.7. The second-order valence-electron chi connectivity index (χ2n) is 4.23. The zero-order valence-corrected chi connectivity index (χ0v) is 10.8. The molecule has 0 spiro atoms. The molecule has 1 atom stereocenters. The van der Waals surface area contributed by atoms with Crippen LogP contribution in [0.3, 0.4) is 0 Å². The van der Waals surface area contributed by atoms with Crippen LogP contribution in [0.2, 0.25) is 0 Å². The van der Waals surface area contributed by atoms with Gasteiger partial charge < -0.3 is 10.4 Å². The predicted octanol–water partition coefficient (Wildman–Crippen LogP) is 0.785. The summed E-state index contributed by atoms with van der Waals surface area (Å²) in [4.78, 5) is 26.6. The second-order valence-corrected chi connectivity index (χ2v) is 4.23. The van der Waals surface area contributed by atoms with E-state index < -0.39 is 22.2 Å². The van der Waals surface area contributed by atoms with E-state index in [4.69, 9.17) is 5.11 Å². The first-order chi connectivity index (χ1) is 9.58. The number of rotatable bonds is 5. The first-order valence-corrected chi connectivity index (χ1v) is 6.11. The molecule has 0 saturated carbocycles. The van der Waals surface area contributed by atoms with E-state index in [1.54, 1.807) is 18.2 Å². The van der Waals surface area contributed by atoms with Crippen molar-refractivity contribution in [1.82, 2.24) is 9.38 Å². The highest BCUT2D eigenvalue weighted by Crippen LogP contribution is 2.19. The molecule has 0 fully saturated rings. The van der Waals surface area contributed by atoms with Gasteiger partial charge in [0.05, 0.1) is 17.6 Å².